The van der Waals surface area contributed by atoms with Gasteiger partial charge in [0, 0.05) is 11.1 Å². The molecule has 3 N–H and O–H groups in total. The smallest absolute Gasteiger partial charge is 0.329 e. The Labute approximate surface area is 106 Å². The highest BCUT2D eigenvalue weighted by atomic mass is 32.1. The molecular weight excluding hydrogens is 256 g/mol. The number of aryl methyl sites for hydroxylation is 1. The highest BCUT2D eigenvalue weighted by Crippen LogP contribution is 2.22. The Morgan fingerprint density at radius 3 is 2.94 bits per heavy atom. The molecular formula is C9H10N6O2S. The topological polar surface area (TPSA) is 120 Å². The first-order valence-electron chi connectivity index (χ1n) is 4.98. The lowest BCUT2D eigenvalue weighted by Gasteiger charge is -2.04. The van der Waals surface area contributed by atoms with Crippen LogP contribution in [0.15, 0.2) is 11.6 Å². The molecule has 0 aromatic carbocycles. The Kier molecular flexibility index (Phi) is 3.33. The number of rotatable bonds is 4. The number of anilines is 2. The molecule has 0 spiro atoms. The molecule has 9 heteroatoms. The molecule has 18 heavy (non-hydrogen) atoms. The summed E-state index contributed by atoms with van der Waals surface area (Å²) in [6, 6.07) is 0. The van der Waals surface area contributed by atoms with E-state index < -0.39 is 4.92 Å². The average molecular weight is 266 g/mol. The first-order valence-corrected chi connectivity index (χ1v) is 5.86. The summed E-state index contributed by atoms with van der Waals surface area (Å²) in [5.74, 6) is 0.0822. The van der Waals surface area contributed by atoms with Crippen LogP contribution in [0.1, 0.15) is 10.7 Å². The van der Waals surface area contributed by atoms with Gasteiger partial charge in [-0.25, -0.2) is 9.97 Å². The molecule has 2 aromatic rings. The lowest BCUT2D eigenvalue weighted by atomic mass is 10.4. The Bertz CT molecular complexity index is 584. The molecule has 0 bridgehead atoms. The van der Waals surface area contributed by atoms with E-state index in [1.807, 2.05) is 12.3 Å². The summed E-state index contributed by atoms with van der Waals surface area (Å²) >= 11 is 1.47. The molecule has 0 amide bonds. The van der Waals surface area contributed by atoms with Crippen LogP contribution >= 0.6 is 11.3 Å². The molecule has 2 rings (SSSR count). The number of hydrogen-bond acceptors (Lipinski definition) is 8. The molecule has 0 atom stereocenters. The van der Waals surface area contributed by atoms with Crippen LogP contribution in [-0.4, -0.2) is 19.9 Å². The predicted molar refractivity (Wildman–Crippen MR) is 67.3 cm³/mol. The molecule has 2 heterocycles. The minimum absolute atomic E-state index is 0.0154. The SMILES string of the molecule is Cc1csc(CNc2nc(N)ncc2[N+](=O)[O-])n1. The van der Waals surface area contributed by atoms with Crippen molar-refractivity contribution >= 4 is 28.8 Å². The van der Waals surface area contributed by atoms with Crippen molar-refractivity contribution in [3.05, 3.63) is 32.4 Å². The summed E-state index contributed by atoms with van der Waals surface area (Å²) in [6.45, 7) is 2.24. The van der Waals surface area contributed by atoms with E-state index in [1.54, 1.807) is 0 Å². The summed E-state index contributed by atoms with van der Waals surface area (Å²) in [7, 11) is 0. The largest absolute Gasteiger partial charge is 0.368 e. The van der Waals surface area contributed by atoms with E-state index in [4.69, 9.17) is 5.73 Å². The van der Waals surface area contributed by atoms with Gasteiger partial charge in [-0.15, -0.1) is 11.3 Å². The van der Waals surface area contributed by atoms with Crippen molar-refractivity contribution in [2.24, 2.45) is 0 Å². The van der Waals surface area contributed by atoms with E-state index in [0.29, 0.717) is 6.54 Å². The van der Waals surface area contributed by atoms with Crippen LogP contribution < -0.4 is 11.1 Å². The fraction of sp³-hybridized carbons (Fsp3) is 0.222. The summed E-state index contributed by atoms with van der Waals surface area (Å²) in [5.41, 5.74) is 6.10. The monoisotopic (exact) mass is 266 g/mol. The van der Waals surface area contributed by atoms with Crippen molar-refractivity contribution in [3.8, 4) is 0 Å². The van der Waals surface area contributed by atoms with Crippen LogP contribution in [-0.2, 0) is 6.54 Å². The zero-order valence-electron chi connectivity index (χ0n) is 9.45. The van der Waals surface area contributed by atoms with Gasteiger partial charge >= 0.3 is 5.69 Å². The second-order valence-electron chi connectivity index (χ2n) is 3.46. The maximum Gasteiger partial charge on any atom is 0.329 e. The number of aromatic nitrogens is 3. The lowest BCUT2D eigenvalue weighted by Crippen LogP contribution is -2.07. The van der Waals surface area contributed by atoms with Gasteiger partial charge in [-0.3, -0.25) is 10.1 Å². The van der Waals surface area contributed by atoms with Gasteiger partial charge in [-0.1, -0.05) is 0 Å². The Morgan fingerprint density at radius 1 is 1.56 bits per heavy atom. The highest BCUT2D eigenvalue weighted by molar-refractivity contribution is 7.09. The van der Waals surface area contributed by atoms with Crippen molar-refractivity contribution in [2.45, 2.75) is 13.5 Å². The van der Waals surface area contributed by atoms with Crippen molar-refractivity contribution in [2.75, 3.05) is 11.1 Å². The van der Waals surface area contributed by atoms with Crippen molar-refractivity contribution < 1.29 is 4.92 Å². The number of thiazole rings is 1. The van der Waals surface area contributed by atoms with Crippen molar-refractivity contribution in [3.63, 3.8) is 0 Å². The van der Waals surface area contributed by atoms with Crippen LogP contribution in [0.2, 0.25) is 0 Å². The molecule has 0 unspecified atom stereocenters. The molecule has 0 saturated carbocycles. The maximum absolute atomic E-state index is 10.8. The Morgan fingerprint density at radius 2 is 2.33 bits per heavy atom. The van der Waals surface area contributed by atoms with Crippen molar-refractivity contribution in [1.82, 2.24) is 15.0 Å². The summed E-state index contributed by atoms with van der Waals surface area (Å²) in [6.07, 6.45) is 1.08. The zero-order valence-corrected chi connectivity index (χ0v) is 10.3. The number of nitrogens with one attached hydrogen (secondary N) is 1. The van der Waals surface area contributed by atoms with Gasteiger partial charge < -0.3 is 11.1 Å². The van der Waals surface area contributed by atoms with Crippen LogP contribution in [0.5, 0.6) is 0 Å². The molecule has 0 aliphatic rings. The van der Waals surface area contributed by atoms with Crippen molar-refractivity contribution in [1.29, 1.82) is 0 Å². The fourth-order valence-electron chi connectivity index (χ4n) is 1.30. The molecule has 0 radical (unpaired) electrons. The van der Waals surface area contributed by atoms with Crippen LogP contribution in [0.3, 0.4) is 0 Å². The van der Waals surface area contributed by atoms with E-state index in [1.165, 1.54) is 11.3 Å². The van der Waals surface area contributed by atoms with Gasteiger partial charge in [0.15, 0.2) is 0 Å². The quantitative estimate of drug-likeness (QED) is 0.632. The molecule has 0 aliphatic heterocycles. The second kappa shape index (κ2) is 4.92. The van der Waals surface area contributed by atoms with Crippen LogP contribution in [0, 0.1) is 17.0 Å². The maximum atomic E-state index is 10.8. The molecule has 94 valence electrons. The standard InChI is InChI=1S/C9H10N6O2S/c1-5-4-18-7(13-5)3-11-8-6(15(16)17)2-12-9(10)14-8/h2,4H,3H2,1H3,(H3,10,11,12,14). The second-order valence-corrected chi connectivity index (χ2v) is 4.40. The number of nitro groups is 1. The minimum atomic E-state index is -0.561. The van der Waals surface area contributed by atoms with Gasteiger partial charge in [0.05, 0.1) is 11.5 Å². The number of nitrogens with two attached hydrogens (primary N) is 1. The zero-order chi connectivity index (χ0) is 13.1. The third-order valence-electron chi connectivity index (χ3n) is 2.06. The minimum Gasteiger partial charge on any atom is -0.368 e. The molecule has 8 nitrogen and oxygen atoms in total. The van der Waals surface area contributed by atoms with E-state index in [9.17, 15) is 10.1 Å². The number of hydrogen-bond donors (Lipinski definition) is 2. The van der Waals surface area contributed by atoms with E-state index >= 15 is 0 Å². The summed E-state index contributed by atoms with van der Waals surface area (Å²) in [4.78, 5) is 21.9. The fourth-order valence-corrected chi connectivity index (χ4v) is 2.01. The van der Waals surface area contributed by atoms with Gasteiger partial charge in [0.25, 0.3) is 0 Å². The van der Waals surface area contributed by atoms with Gasteiger partial charge in [-0.05, 0) is 6.92 Å². The summed E-state index contributed by atoms with van der Waals surface area (Å²) in [5, 5.41) is 16.3. The predicted octanol–water partition coefficient (Wildman–Crippen LogP) is 1.34. The normalized spacial score (nSPS) is 10.3. The Balaban J connectivity index is 2.17. The first-order chi connectivity index (χ1) is 8.56. The molecule has 0 aliphatic carbocycles. The van der Waals surface area contributed by atoms with Gasteiger partial charge in [0.2, 0.25) is 11.8 Å². The molecule has 2 aromatic heterocycles. The number of nitrogen functional groups attached to an aromatic ring is 1. The molecule has 0 fully saturated rings. The Hall–Kier alpha value is -2.29. The van der Waals surface area contributed by atoms with E-state index in [0.717, 1.165) is 16.9 Å². The first kappa shape index (κ1) is 12.2. The van der Waals surface area contributed by atoms with Crippen LogP contribution in [0.25, 0.3) is 0 Å². The van der Waals surface area contributed by atoms with E-state index in [-0.39, 0.29) is 17.5 Å². The van der Waals surface area contributed by atoms with Crippen LogP contribution in [0.4, 0.5) is 17.5 Å². The third-order valence-corrected chi connectivity index (χ3v) is 3.03. The summed E-state index contributed by atoms with van der Waals surface area (Å²) < 4.78 is 0. The third kappa shape index (κ3) is 2.69. The highest BCUT2D eigenvalue weighted by Gasteiger charge is 2.16. The molecule has 0 saturated heterocycles. The van der Waals surface area contributed by atoms with E-state index in [2.05, 4.69) is 20.3 Å². The average Bonchev–Trinajstić information content (AvgIpc) is 2.72. The van der Waals surface area contributed by atoms with Gasteiger partial charge in [0.1, 0.15) is 11.2 Å². The number of nitrogens with zero attached hydrogens (tertiary/aromatic N) is 4. The van der Waals surface area contributed by atoms with Gasteiger partial charge in [-0.2, -0.15) is 4.98 Å². The lowest BCUT2D eigenvalue weighted by molar-refractivity contribution is -0.384.